The van der Waals surface area contributed by atoms with Crippen molar-refractivity contribution in [3.05, 3.63) is 29.8 Å². The molecule has 0 unspecified atom stereocenters. The van der Waals surface area contributed by atoms with Gasteiger partial charge in [0.25, 0.3) is 0 Å². The van der Waals surface area contributed by atoms with Gasteiger partial charge in [-0.3, -0.25) is 0 Å². The highest BCUT2D eigenvalue weighted by Crippen LogP contribution is 2.17. The van der Waals surface area contributed by atoms with E-state index in [1.54, 1.807) is 12.1 Å². The van der Waals surface area contributed by atoms with Crippen LogP contribution in [0.25, 0.3) is 0 Å². The molecule has 0 heterocycles. The molecule has 0 aliphatic carbocycles. The van der Waals surface area contributed by atoms with Crippen LogP contribution in [0.2, 0.25) is 0 Å². The molecule has 0 radical (unpaired) electrons. The van der Waals surface area contributed by atoms with Crippen LogP contribution in [0.15, 0.2) is 29.2 Å². The van der Waals surface area contributed by atoms with Crippen molar-refractivity contribution < 1.29 is 18.3 Å². The maximum atomic E-state index is 11.5. The van der Waals surface area contributed by atoms with Gasteiger partial charge in [0.15, 0.2) is 9.84 Å². The van der Waals surface area contributed by atoms with Crippen molar-refractivity contribution in [3.8, 4) is 0 Å². The van der Waals surface area contributed by atoms with E-state index in [1.165, 1.54) is 12.1 Å². The van der Waals surface area contributed by atoms with Crippen molar-refractivity contribution in [3.63, 3.8) is 0 Å². The Hall–Kier alpha value is -1.36. The summed E-state index contributed by atoms with van der Waals surface area (Å²) in [6.07, 6.45) is 0. The Labute approximate surface area is 94.8 Å². The Bertz CT molecular complexity index is 471. The zero-order valence-electron chi connectivity index (χ0n) is 9.14. The number of rotatable bonds is 4. The third kappa shape index (κ3) is 3.06. The van der Waals surface area contributed by atoms with Gasteiger partial charge in [0.2, 0.25) is 0 Å². The lowest BCUT2D eigenvalue weighted by atomic mass is 10.0. The van der Waals surface area contributed by atoms with Crippen molar-refractivity contribution in [2.24, 2.45) is 0 Å². The van der Waals surface area contributed by atoms with Crippen molar-refractivity contribution in [1.82, 2.24) is 0 Å². The van der Waals surface area contributed by atoms with E-state index in [2.05, 4.69) is 0 Å². The molecule has 0 fully saturated rings. The third-order valence-corrected chi connectivity index (χ3v) is 3.82. The van der Waals surface area contributed by atoms with E-state index < -0.39 is 21.6 Å². The summed E-state index contributed by atoms with van der Waals surface area (Å²) in [6.45, 7) is 3.98. The molecule has 0 aliphatic rings. The zero-order chi connectivity index (χ0) is 12.3. The van der Waals surface area contributed by atoms with Crippen LogP contribution in [0.5, 0.6) is 0 Å². The first-order valence-electron chi connectivity index (χ1n) is 4.85. The van der Waals surface area contributed by atoms with Crippen LogP contribution in [0.3, 0.4) is 0 Å². The second kappa shape index (κ2) is 4.65. The average Bonchev–Trinajstić information content (AvgIpc) is 2.16. The fourth-order valence-corrected chi connectivity index (χ4v) is 2.33. The van der Waals surface area contributed by atoms with Crippen molar-refractivity contribution in [1.29, 1.82) is 0 Å². The number of benzene rings is 1. The van der Waals surface area contributed by atoms with Gasteiger partial charge in [-0.25, -0.2) is 8.42 Å². The highest BCUT2D eigenvalue weighted by molar-refractivity contribution is 7.92. The number of hydrogen-bond donors (Lipinski definition) is 0. The van der Waals surface area contributed by atoms with E-state index >= 15 is 0 Å². The second-order valence-electron chi connectivity index (χ2n) is 3.85. The van der Waals surface area contributed by atoms with Gasteiger partial charge in [-0.2, -0.15) is 0 Å². The maximum absolute atomic E-state index is 11.5. The van der Waals surface area contributed by atoms with Crippen LogP contribution < -0.4 is 5.11 Å². The SMILES string of the molecule is CC(C)c1ccc(S(=O)(=O)CC(=O)[O-])cc1. The lowest BCUT2D eigenvalue weighted by Crippen LogP contribution is -2.30. The van der Waals surface area contributed by atoms with Gasteiger partial charge in [0, 0.05) is 0 Å². The first kappa shape index (κ1) is 12.7. The number of carboxylic acids is 1. The summed E-state index contributed by atoms with van der Waals surface area (Å²) >= 11 is 0. The van der Waals surface area contributed by atoms with Gasteiger partial charge >= 0.3 is 0 Å². The summed E-state index contributed by atoms with van der Waals surface area (Å²) in [6, 6.07) is 6.22. The van der Waals surface area contributed by atoms with E-state index in [-0.39, 0.29) is 4.90 Å². The fraction of sp³-hybridized carbons (Fsp3) is 0.364. The summed E-state index contributed by atoms with van der Waals surface area (Å²) in [7, 11) is -3.76. The first-order valence-corrected chi connectivity index (χ1v) is 6.50. The monoisotopic (exact) mass is 241 g/mol. The van der Waals surface area contributed by atoms with Gasteiger partial charge in [0.1, 0.15) is 0 Å². The topological polar surface area (TPSA) is 74.3 Å². The van der Waals surface area contributed by atoms with E-state index in [9.17, 15) is 18.3 Å². The molecule has 0 spiro atoms. The van der Waals surface area contributed by atoms with Crippen molar-refractivity contribution >= 4 is 15.8 Å². The molecule has 5 heteroatoms. The van der Waals surface area contributed by atoms with Crippen LogP contribution in [0, 0.1) is 0 Å². The molecule has 1 aromatic carbocycles. The lowest BCUT2D eigenvalue weighted by molar-refractivity contribution is -0.301. The van der Waals surface area contributed by atoms with Gasteiger partial charge in [-0.05, 0) is 23.6 Å². The fourth-order valence-electron chi connectivity index (χ4n) is 1.30. The summed E-state index contributed by atoms with van der Waals surface area (Å²) in [5.74, 6) is -2.26. The molecule has 0 atom stereocenters. The minimum atomic E-state index is -3.76. The van der Waals surface area contributed by atoms with Crippen LogP contribution in [-0.2, 0) is 14.6 Å². The molecular weight excluding hydrogens is 228 g/mol. The smallest absolute Gasteiger partial charge is 0.183 e. The van der Waals surface area contributed by atoms with Crippen LogP contribution in [0.1, 0.15) is 25.3 Å². The number of carbonyl (C=O) groups excluding carboxylic acids is 1. The summed E-state index contributed by atoms with van der Waals surface area (Å²) in [5.41, 5.74) is 1.01. The molecule has 0 N–H and O–H groups in total. The van der Waals surface area contributed by atoms with E-state index in [1.807, 2.05) is 13.8 Å². The number of aliphatic carboxylic acids is 1. The van der Waals surface area contributed by atoms with E-state index in [0.717, 1.165) is 5.56 Å². The normalized spacial score (nSPS) is 11.7. The standard InChI is InChI=1S/C11H14O4S/c1-8(2)9-3-5-10(6-4-9)16(14,15)7-11(12)13/h3-6,8H,7H2,1-2H3,(H,12,13)/p-1. The molecule has 0 saturated heterocycles. The average molecular weight is 241 g/mol. The van der Waals surface area contributed by atoms with Crippen LogP contribution in [-0.4, -0.2) is 20.1 Å². The highest BCUT2D eigenvalue weighted by Gasteiger charge is 2.14. The molecular formula is C11H13O4S-. The number of sulfone groups is 1. The highest BCUT2D eigenvalue weighted by atomic mass is 32.2. The maximum Gasteiger partial charge on any atom is 0.183 e. The molecule has 1 rings (SSSR count). The van der Waals surface area contributed by atoms with Gasteiger partial charge in [0.05, 0.1) is 16.6 Å². The summed E-state index contributed by atoms with van der Waals surface area (Å²) in [5, 5.41) is 10.3. The summed E-state index contributed by atoms with van der Waals surface area (Å²) < 4.78 is 23.0. The van der Waals surface area contributed by atoms with Crippen LogP contribution >= 0.6 is 0 Å². The van der Waals surface area contributed by atoms with E-state index in [0.29, 0.717) is 5.92 Å². The minimum absolute atomic E-state index is 0.0149. The number of carbonyl (C=O) groups is 1. The Kier molecular flexibility index (Phi) is 3.70. The predicted molar refractivity (Wildman–Crippen MR) is 57.6 cm³/mol. The Balaban J connectivity index is 3.02. The second-order valence-corrected chi connectivity index (χ2v) is 5.84. The molecule has 4 nitrogen and oxygen atoms in total. The van der Waals surface area contributed by atoms with E-state index in [4.69, 9.17) is 0 Å². The Morgan fingerprint density at radius 3 is 2.12 bits per heavy atom. The van der Waals surface area contributed by atoms with Crippen molar-refractivity contribution in [2.45, 2.75) is 24.7 Å². The first-order chi connectivity index (χ1) is 7.33. The molecule has 88 valence electrons. The van der Waals surface area contributed by atoms with Gasteiger partial charge in [-0.1, -0.05) is 26.0 Å². The third-order valence-electron chi connectivity index (χ3n) is 2.21. The molecule has 0 amide bonds. The quantitative estimate of drug-likeness (QED) is 0.761. The van der Waals surface area contributed by atoms with Gasteiger partial charge < -0.3 is 9.90 Å². The molecule has 0 aliphatic heterocycles. The number of carboxylic acid groups (broad SMARTS) is 1. The molecule has 0 bridgehead atoms. The molecule has 1 aromatic rings. The van der Waals surface area contributed by atoms with Gasteiger partial charge in [-0.15, -0.1) is 0 Å². The minimum Gasteiger partial charge on any atom is -0.549 e. The Morgan fingerprint density at radius 2 is 1.75 bits per heavy atom. The Morgan fingerprint density at radius 1 is 1.25 bits per heavy atom. The molecule has 0 aromatic heterocycles. The van der Waals surface area contributed by atoms with Crippen LogP contribution in [0.4, 0.5) is 0 Å². The lowest BCUT2D eigenvalue weighted by Gasteiger charge is -2.08. The largest absolute Gasteiger partial charge is 0.549 e. The summed E-state index contributed by atoms with van der Waals surface area (Å²) in [4.78, 5) is 10.3. The molecule has 0 saturated carbocycles. The predicted octanol–water partition coefficient (Wildman–Crippen LogP) is 0.334. The van der Waals surface area contributed by atoms with Crippen molar-refractivity contribution in [2.75, 3.05) is 5.75 Å². The number of hydrogen-bond acceptors (Lipinski definition) is 4. The zero-order valence-corrected chi connectivity index (χ0v) is 9.95. The molecule has 16 heavy (non-hydrogen) atoms.